The van der Waals surface area contributed by atoms with Crippen LogP contribution in [0.25, 0.3) is 10.6 Å². The van der Waals surface area contributed by atoms with Crippen molar-refractivity contribution in [2.45, 2.75) is 6.42 Å². The third kappa shape index (κ3) is 3.86. The minimum atomic E-state index is -0.449. The first kappa shape index (κ1) is 18.1. The van der Waals surface area contributed by atoms with E-state index in [2.05, 4.69) is 10.3 Å². The lowest BCUT2D eigenvalue weighted by molar-refractivity contribution is -0.384. The van der Waals surface area contributed by atoms with Gasteiger partial charge in [-0.3, -0.25) is 14.9 Å². The molecule has 28 heavy (non-hydrogen) atoms. The van der Waals surface area contributed by atoms with Gasteiger partial charge in [-0.2, -0.15) is 0 Å². The Morgan fingerprint density at radius 3 is 3.00 bits per heavy atom. The van der Waals surface area contributed by atoms with Crippen molar-refractivity contribution >= 4 is 22.9 Å². The van der Waals surface area contributed by atoms with Gasteiger partial charge < -0.3 is 10.1 Å². The largest absolute Gasteiger partial charge is 0.493 e. The normalized spacial score (nSPS) is 15.4. The van der Waals surface area contributed by atoms with Crippen LogP contribution in [0.1, 0.15) is 16.1 Å². The van der Waals surface area contributed by atoms with Crippen molar-refractivity contribution in [3.05, 3.63) is 75.3 Å². The molecule has 1 aromatic heterocycles. The molecule has 142 valence electrons. The van der Waals surface area contributed by atoms with Gasteiger partial charge in [0.1, 0.15) is 16.5 Å². The van der Waals surface area contributed by atoms with Crippen molar-refractivity contribution in [1.29, 1.82) is 0 Å². The predicted octanol–water partition coefficient (Wildman–Crippen LogP) is 3.70. The molecule has 0 saturated carbocycles. The first-order chi connectivity index (χ1) is 13.6. The van der Waals surface area contributed by atoms with Crippen LogP contribution >= 0.6 is 11.3 Å². The molecule has 0 spiro atoms. The minimum absolute atomic E-state index is 0.00344. The van der Waals surface area contributed by atoms with Crippen molar-refractivity contribution < 1.29 is 14.5 Å². The summed E-state index contributed by atoms with van der Waals surface area (Å²) in [5.41, 5.74) is 2.07. The van der Waals surface area contributed by atoms with Gasteiger partial charge in [0, 0.05) is 35.5 Å². The Hall–Kier alpha value is -3.26. The highest BCUT2D eigenvalue weighted by atomic mass is 32.1. The van der Waals surface area contributed by atoms with Gasteiger partial charge in [-0.25, -0.2) is 4.98 Å². The van der Waals surface area contributed by atoms with E-state index in [1.54, 1.807) is 17.5 Å². The summed E-state index contributed by atoms with van der Waals surface area (Å²) >= 11 is 1.28. The second kappa shape index (κ2) is 7.77. The molecule has 2 heterocycles. The number of para-hydroxylation sites is 1. The summed E-state index contributed by atoms with van der Waals surface area (Å²) < 4.78 is 5.75. The molecular formula is C20H17N3O4S. The number of non-ortho nitro benzene ring substituents is 1. The first-order valence-corrected chi connectivity index (χ1v) is 9.67. The van der Waals surface area contributed by atoms with Crippen LogP contribution in [0.3, 0.4) is 0 Å². The lowest BCUT2D eigenvalue weighted by atomic mass is 9.97. The van der Waals surface area contributed by atoms with Crippen LogP contribution in [0.15, 0.2) is 53.9 Å². The highest BCUT2D eigenvalue weighted by Crippen LogP contribution is 2.28. The molecule has 7 nitrogen and oxygen atoms in total. The summed E-state index contributed by atoms with van der Waals surface area (Å²) in [6.07, 6.45) is 0.854. The molecule has 0 saturated heterocycles. The number of amides is 1. The molecule has 3 aromatic rings. The van der Waals surface area contributed by atoms with Crippen LogP contribution in [-0.4, -0.2) is 29.0 Å². The molecule has 0 fully saturated rings. The van der Waals surface area contributed by atoms with Crippen molar-refractivity contribution in [2.24, 2.45) is 5.92 Å². The number of benzene rings is 2. The summed E-state index contributed by atoms with van der Waals surface area (Å²) in [7, 11) is 0. The topological polar surface area (TPSA) is 94.4 Å². The van der Waals surface area contributed by atoms with Crippen LogP contribution in [0.4, 0.5) is 5.69 Å². The van der Waals surface area contributed by atoms with E-state index in [1.165, 1.54) is 23.5 Å². The monoisotopic (exact) mass is 395 g/mol. The zero-order chi connectivity index (χ0) is 19.5. The molecule has 1 amide bonds. The molecule has 1 aliphatic rings. The van der Waals surface area contributed by atoms with Crippen LogP contribution in [0.2, 0.25) is 0 Å². The quantitative estimate of drug-likeness (QED) is 0.525. The zero-order valence-electron chi connectivity index (χ0n) is 14.8. The first-order valence-electron chi connectivity index (χ1n) is 8.79. The van der Waals surface area contributed by atoms with Gasteiger partial charge in [0.2, 0.25) is 0 Å². The Bertz CT molecular complexity index is 1030. The van der Waals surface area contributed by atoms with E-state index in [1.807, 2.05) is 24.3 Å². The smallest absolute Gasteiger partial charge is 0.270 e. The van der Waals surface area contributed by atoms with Gasteiger partial charge in [-0.05, 0) is 18.1 Å². The number of ether oxygens (including phenoxy) is 1. The van der Waals surface area contributed by atoms with Crippen molar-refractivity contribution in [3.8, 4) is 16.3 Å². The number of nitrogens with zero attached hydrogens (tertiary/aromatic N) is 2. The summed E-state index contributed by atoms with van der Waals surface area (Å²) in [5, 5.41) is 16.1. The molecule has 0 unspecified atom stereocenters. The minimum Gasteiger partial charge on any atom is -0.493 e. The van der Waals surface area contributed by atoms with Gasteiger partial charge in [0.05, 0.1) is 11.5 Å². The van der Waals surface area contributed by atoms with E-state index in [9.17, 15) is 14.9 Å². The van der Waals surface area contributed by atoms with Crippen LogP contribution in [0.5, 0.6) is 5.75 Å². The van der Waals surface area contributed by atoms with Crippen LogP contribution < -0.4 is 10.1 Å². The molecule has 0 radical (unpaired) electrons. The molecule has 8 heteroatoms. The number of nitro benzene ring substituents is 1. The predicted molar refractivity (Wildman–Crippen MR) is 106 cm³/mol. The average molecular weight is 395 g/mol. The molecule has 4 rings (SSSR count). The number of nitro groups is 1. The maximum atomic E-state index is 12.4. The SMILES string of the molecule is O=C(NC[C@H]1COc2ccccc2C1)c1csc(-c2cccc([N+](=O)[O-])c2)n1. The van der Waals surface area contributed by atoms with Gasteiger partial charge in [-0.1, -0.05) is 30.3 Å². The number of fused-ring (bicyclic) bond motifs is 1. The van der Waals surface area contributed by atoms with Crippen molar-refractivity contribution in [3.63, 3.8) is 0 Å². The van der Waals surface area contributed by atoms with Crippen molar-refractivity contribution in [1.82, 2.24) is 10.3 Å². The fourth-order valence-electron chi connectivity index (χ4n) is 3.11. The molecule has 2 aromatic carbocycles. The molecule has 0 aliphatic carbocycles. The maximum Gasteiger partial charge on any atom is 0.270 e. The average Bonchev–Trinajstić information content (AvgIpc) is 3.22. The number of aromatic nitrogens is 1. The number of thiazole rings is 1. The molecule has 1 N–H and O–H groups in total. The Labute approximate surface area is 165 Å². The number of carbonyl (C=O) groups excluding carboxylic acids is 1. The summed E-state index contributed by atoms with van der Waals surface area (Å²) in [6.45, 7) is 1.06. The summed E-state index contributed by atoms with van der Waals surface area (Å²) in [5.74, 6) is 0.853. The van der Waals surface area contributed by atoms with Crippen molar-refractivity contribution in [2.75, 3.05) is 13.2 Å². The molecule has 1 atom stereocenters. The van der Waals surface area contributed by atoms with E-state index in [-0.39, 0.29) is 17.5 Å². The Morgan fingerprint density at radius 1 is 1.29 bits per heavy atom. The van der Waals surface area contributed by atoms with Gasteiger partial charge >= 0.3 is 0 Å². The number of hydrogen-bond donors (Lipinski definition) is 1. The lowest BCUT2D eigenvalue weighted by Gasteiger charge is -2.25. The molecular weight excluding hydrogens is 378 g/mol. The van der Waals surface area contributed by atoms with E-state index >= 15 is 0 Å². The van der Waals surface area contributed by atoms with E-state index in [0.717, 1.165) is 17.7 Å². The fourth-order valence-corrected chi connectivity index (χ4v) is 3.91. The highest BCUT2D eigenvalue weighted by molar-refractivity contribution is 7.13. The third-order valence-corrected chi connectivity index (χ3v) is 5.44. The molecule has 0 bridgehead atoms. The van der Waals surface area contributed by atoms with Gasteiger partial charge in [-0.15, -0.1) is 11.3 Å². The molecule has 1 aliphatic heterocycles. The Balaban J connectivity index is 1.39. The van der Waals surface area contributed by atoms with E-state index in [4.69, 9.17) is 4.74 Å². The second-order valence-corrected chi connectivity index (χ2v) is 7.40. The second-order valence-electron chi connectivity index (χ2n) is 6.54. The highest BCUT2D eigenvalue weighted by Gasteiger charge is 2.21. The number of hydrogen-bond acceptors (Lipinski definition) is 6. The Morgan fingerprint density at radius 2 is 2.14 bits per heavy atom. The van der Waals surface area contributed by atoms with E-state index < -0.39 is 4.92 Å². The Kier molecular flexibility index (Phi) is 5.03. The van der Waals surface area contributed by atoms with Gasteiger partial charge in [0.15, 0.2) is 0 Å². The fraction of sp³-hybridized carbons (Fsp3) is 0.200. The number of rotatable bonds is 5. The third-order valence-electron chi connectivity index (χ3n) is 4.55. The lowest BCUT2D eigenvalue weighted by Crippen LogP contribution is -2.34. The standard InChI is InChI=1S/C20H17N3O4S/c24-19(21-10-13-8-14-4-1-2-7-18(14)27-11-13)17-12-28-20(22-17)15-5-3-6-16(9-15)23(25)26/h1-7,9,12-13H,8,10-11H2,(H,21,24)/t13-/m0/s1. The number of nitrogens with one attached hydrogen (secondary N) is 1. The van der Waals surface area contributed by atoms with Crippen LogP contribution in [0, 0.1) is 16.0 Å². The number of carbonyl (C=O) groups is 1. The zero-order valence-corrected chi connectivity index (χ0v) is 15.6. The van der Waals surface area contributed by atoms with E-state index in [0.29, 0.717) is 29.4 Å². The maximum absolute atomic E-state index is 12.4. The summed E-state index contributed by atoms with van der Waals surface area (Å²) in [4.78, 5) is 27.2. The van der Waals surface area contributed by atoms with Crippen LogP contribution in [-0.2, 0) is 6.42 Å². The summed E-state index contributed by atoms with van der Waals surface area (Å²) in [6, 6.07) is 14.1. The van der Waals surface area contributed by atoms with Gasteiger partial charge in [0.25, 0.3) is 11.6 Å².